The molecule has 0 amide bonds. The van der Waals surface area contributed by atoms with Gasteiger partial charge in [-0.25, -0.2) is 4.39 Å². The molecule has 3 N–H and O–H groups in total. The highest BCUT2D eigenvalue weighted by molar-refractivity contribution is 9.10. The number of nitrogens with one attached hydrogen (secondary N) is 2. The lowest BCUT2D eigenvalue weighted by molar-refractivity contribution is -0.104. The maximum Gasteiger partial charge on any atom is 0.147 e. The molecule has 0 aromatic heterocycles. The van der Waals surface area contributed by atoms with Gasteiger partial charge in [0.05, 0.1) is 11.4 Å². The molecule has 8 heteroatoms. The SMILES string of the molecule is C/C(C=O)=C/C(NSC1(CCCO)CC1)=C(/Nc1ccc(Br)cc1F)N(C)C. The number of allylic oxidation sites excluding steroid dienone is 2. The van der Waals surface area contributed by atoms with E-state index in [4.69, 9.17) is 5.11 Å². The maximum atomic E-state index is 14.3. The second-order valence-electron chi connectivity index (χ2n) is 7.13. The van der Waals surface area contributed by atoms with E-state index in [0.717, 1.165) is 32.0 Å². The van der Waals surface area contributed by atoms with Gasteiger partial charge in [0, 0.05) is 29.9 Å². The summed E-state index contributed by atoms with van der Waals surface area (Å²) in [6, 6.07) is 4.83. The van der Waals surface area contributed by atoms with Gasteiger partial charge < -0.3 is 20.0 Å². The predicted octanol–water partition coefficient (Wildman–Crippen LogP) is 4.42. The first kappa shape index (κ1) is 22.8. The monoisotopic (exact) mass is 471 g/mol. The van der Waals surface area contributed by atoms with Gasteiger partial charge in [0.1, 0.15) is 17.9 Å². The molecular weight excluding hydrogens is 445 g/mol. The van der Waals surface area contributed by atoms with Gasteiger partial charge in [-0.2, -0.15) is 0 Å². The maximum absolute atomic E-state index is 14.3. The van der Waals surface area contributed by atoms with Crippen molar-refractivity contribution < 1.29 is 14.3 Å². The van der Waals surface area contributed by atoms with Gasteiger partial charge in [0.15, 0.2) is 0 Å². The molecule has 0 unspecified atom stereocenters. The van der Waals surface area contributed by atoms with Gasteiger partial charge >= 0.3 is 0 Å². The lowest BCUT2D eigenvalue weighted by Gasteiger charge is -2.25. The third kappa shape index (κ3) is 6.53. The fourth-order valence-corrected chi connectivity index (χ4v) is 4.02. The van der Waals surface area contributed by atoms with Gasteiger partial charge in [-0.05, 0) is 74.4 Å². The Morgan fingerprint density at radius 1 is 1.43 bits per heavy atom. The van der Waals surface area contributed by atoms with Crippen LogP contribution in [-0.2, 0) is 4.79 Å². The van der Waals surface area contributed by atoms with Crippen molar-refractivity contribution in [2.75, 3.05) is 26.0 Å². The minimum atomic E-state index is -0.376. The number of hydrogen-bond donors (Lipinski definition) is 3. The molecule has 1 aliphatic rings. The molecule has 1 saturated carbocycles. The van der Waals surface area contributed by atoms with E-state index < -0.39 is 0 Å². The lowest BCUT2D eigenvalue weighted by Crippen LogP contribution is -2.25. The molecule has 0 saturated heterocycles. The number of rotatable bonds is 11. The topological polar surface area (TPSA) is 64.6 Å². The summed E-state index contributed by atoms with van der Waals surface area (Å²) in [5, 5.41) is 12.3. The van der Waals surface area contributed by atoms with Gasteiger partial charge in [-0.1, -0.05) is 15.9 Å². The predicted molar refractivity (Wildman–Crippen MR) is 117 cm³/mol. The van der Waals surface area contributed by atoms with Crippen molar-refractivity contribution in [3.63, 3.8) is 0 Å². The second kappa shape index (κ2) is 10.3. The third-order valence-corrected chi connectivity index (χ3v) is 6.28. The van der Waals surface area contributed by atoms with Crippen molar-refractivity contribution >= 4 is 39.9 Å². The minimum absolute atomic E-state index is 0.108. The summed E-state index contributed by atoms with van der Waals surface area (Å²) in [4.78, 5) is 13.0. The Morgan fingerprint density at radius 3 is 2.68 bits per heavy atom. The Kier molecular flexibility index (Phi) is 8.39. The van der Waals surface area contributed by atoms with Crippen LogP contribution < -0.4 is 10.0 Å². The first-order chi connectivity index (χ1) is 13.3. The Bertz CT molecular complexity index is 764. The van der Waals surface area contributed by atoms with Gasteiger partial charge in [-0.3, -0.25) is 4.79 Å². The Hall–Kier alpha value is -1.51. The molecule has 0 bridgehead atoms. The van der Waals surface area contributed by atoms with E-state index in [-0.39, 0.29) is 17.2 Å². The summed E-state index contributed by atoms with van der Waals surface area (Å²) < 4.78 is 18.5. The molecule has 0 heterocycles. The van der Waals surface area contributed by atoms with Gasteiger partial charge in [0.2, 0.25) is 0 Å². The fraction of sp³-hybridized carbons (Fsp3) is 0.450. The summed E-state index contributed by atoms with van der Waals surface area (Å²) in [6.07, 6.45) is 6.40. The number of carbonyl (C=O) groups is 1. The van der Waals surface area contributed by atoms with Gasteiger partial charge in [0.25, 0.3) is 0 Å². The molecule has 0 atom stereocenters. The first-order valence-electron chi connectivity index (χ1n) is 9.12. The Morgan fingerprint density at radius 2 is 2.14 bits per heavy atom. The Balaban J connectivity index is 2.31. The van der Waals surface area contributed by atoms with E-state index in [2.05, 4.69) is 26.0 Å². The normalized spacial score (nSPS) is 16.3. The van der Waals surface area contributed by atoms with Crippen molar-refractivity contribution in [1.29, 1.82) is 0 Å². The molecule has 154 valence electrons. The van der Waals surface area contributed by atoms with Crippen LogP contribution in [0.2, 0.25) is 0 Å². The van der Waals surface area contributed by atoms with E-state index in [1.54, 1.807) is 37.1 Å². The molecule has 28 heavy (non-hydrogen) atoms. The van der Waals surface area contributed by atoms with Crippen molar-refractivity contribution in [3.05, 3.63) is 51.7 Å². The van der Waals surface area contributed by atoms with E-state index in [0.29, 0.717) is 27.3 Å². The molecule has 0 aliphatic heterocycles. The van der Waals surface area contributed by atoms with Crippen LogP contribution in [0, 0.1) is 5.82 Å². The molecule has 5 nitrogen and oxygen atoms in total. The largest absolute Gasteiger partial charge is 0.396 e. The molecule has 1 aromatic carbocycles. The molecule has 2 rings (SSSR count). The average molecular weight is 472 g/mol. The van der Waals surface area contributed by atoms with E-state index in [1.807, 2.05) is 19.0 Å². The number of aliphatic hydroxyl groups is 1. The van der Waals surface area contributed by atoms with Crippen LogP contribution in [0.25, 0.3) is 0 Å². The van der Waals surface area contributed by atoms with Crippen LogP contribution in [0.4, 0.5) is 10.1 Å². The van der Waals surface area contributed by atoms with Crippen molar-refractivity contribution in [3.8, 4) is 0 Å². The van der Waals surface area contributed by atoms with Crippen LogP contribution in [0.1, 0.15) is 32.6 Å². The van der Waals surface area contributed by atoms with E-state index >= 15 is 0 Å². The van der Waals surface area contributed by atoms with Crippen molar-refractivity contribution in [2.45, 2.75) is 37.4 Å². The van der Waals surface area contributed by atoms with E-state index in [1.165, 1.54) is 6.07 Å². The van der Waals surface area contributed by atoms with Crippen molar-refractivity contribution in [1.82, 2.24) is 9.62 Å². The number of carbonyl (C=O) groups excluding carboxylic acids is 1. The lowest BCUT2D eigenvalue weighted by atomic mass is 10.2. The standard InChI is InChI=1S/C20H27BrFN3O2S/c1-14(13-27)11-18(24-28-20(8-9-20)7-4-10-26)19(25(2)3)23-17-6-5-15(21)12-16(17)22/h5-6,11-13,23-24,26H,4,7-10H2,1-3H3/b14-11-,19-18+. The first-order valence-corrected chi connectivity index (χ1v) is 10.7. The molecule has 1 aliphatic carbocycles. The van der Waals surface area contributed by atoms with Crippen LogP contribution >= 0.6 is 27.9 Å². The molecular formula is C20H27BrFN3O2S. The summed E-state index contributed by atoms with van der Waals surface area (Å²) in [6.45, 7) is 1.91. The van der Waals surface area contributed by atoms with Crippen LogP contribution in [0.5, 0.6) is 0 Å². The quantitative estimate of drug-likeness (QED) is 0.192. The third-order valence-electron chi connectivity index (χ3n) is 4.42. The average Bonchev–Trinajstić information content (AvgIpc) is 3.43. The number of halogens is 2. The highest BCUT2D eigenvalue weighted by Crippen LogP contribution is 2.51. The number of aldehydes is 1. The molecule has 0 spiro atoms. The van der Waals surface area contributed by atoms with Crippen molar-refractivity contribution in [2.24, 2.45) is 0 Å². The number of hydrogen-bond acceptors (Lipinski definition) is 6. The number of anilines is 1. The second-order valence-corrected chi connectivity index (χ2v) is 9.32. The van der Waals surface area contributed by atoms with Crippen LogP contribution in [0.3, 0.4) is 0 Å². The summed E-state index contributed by atoms with van der Waals surface area (Å²) >= 11 is 4.87. The minimum Gasteiger partial charge on any atom is -0.396 e. The zero-order valence-electron chi connectivity index (χ0n) is 16.4. The molecule has 1 fully saturated rings. The number of nitrogens with zero attached hydrogens (tertiary/aromatic N) is 1. The van der Waals surface area contributed by atoms with Gasteiger partial charge in [-0.15, -0.1) is 0 Å². The summed E-state index contributed by atoms with van der Waals surface area (Å²) in [5.41, 5.74) is 1.59. The zero-order chi connectivity index (χ0) is 20.7. The fourth-order valence-electron chi connectivity index (χ4n) is 2.65. The molecule has 0 radical (unpaired) electrons. The highest BCUT2D eigenvalue weighted by Gasteiger charge is 2.43. The van der Waals surface area contributed by atoms with Crippen LogP contribution in [0.15, 0.2) is 45.8 Å². The van der Waals surface area contributed by atoms with Crippen LogP contribution in [-0.4, -0.2) is 41.7 Å². The summed E-state index contributed by atoms with van der Waals surface area (Å²) in [7, 11) is 3.71. The Labute approximate surface area is 178 Å². The molecule has 1 aromatic rings. The highest BCUT2D eigenvalue weighted by atomic mass is 79.9. The summed E-state index contributed by atoms with van der Waals surface area (Å²) in [5.74, 6) is 0.270. The smallest absolute Gasteiger partial charge is 0.147 e. The number of benzene rings is 1. The van der Waals surface area contributed by atoms with E-state index in [9.17, 15) is 9.18 Å². The zero-order valence-corrected chi connectivity index (χ0v) is 18.8. The number of aliphatic hydroxyl groups excluding tert-OH is 1.